The first-order valence-electron chi connectivity index (χ1n) is 7.45. The summed E-state index contributed by atoms with van der Waals surface area (Å²) in [7, 11) is 1.99. The molecule has 1 fully saturated rings. The minimum absolute atomic E-state index is 0.0153. The molecule has 2 N–H and O–H groups in total. The molecule has 1 aliphatic rings. The van der Waals surface area contributed by atoms with Crippen molar-refractivity contribution < 1.29 is 4.79 Å². The summed E-state index contributed by atoms with van der Waals surface area (Å²) in [5, 5.41) is 6.56. The molecule has 21 heavy (non-hydrogen) atoms. The van der Waals surface area contributed by atoms with Gasteiger partial charge in [0.1, 0.15) is 5.82 Å². The van der Waals surface area contributed by atoms with Crippen LogP contribution in [0.1, 0.15) is 19.3 Å². The van der Waals surface area contributed by atoms with Gasteiger partial charge in [0.25, 0.3) is 0 Å². The van der Waals surface area contributed by atoms with Crippen molar-refractivity contribution in [3.05, 3.63) is 23.4 Å². The zero-order chi connectivity index (χ0) is 15.1. The van der Waals surface area contributed by atoms with Crippen molar-refractivity contribution in [3.8, 4) is 0 Å². The first kappa shape index (κ1) is 16.2. The number of anilines is 1. The number of likely N-dealkylation sites (tertiary alicyclic amines) is 1. The van der Waals surface area contributed by atoms with Gasteiger partial charge in [-0.05, 0) is 64.0 Å². The third kappa shape index (κ3) is 5.61. The van der Waals surface area contributed by atoms with Crippen LogP contribution in [0.3, 0.4) is 0 Å². The Labute approximate surface area is 131 Å². The molecule has 0 bridgehead atoms. The Hall–Kier alpha value is -1.17. The molecule has 6 heteroatoms. The molecule has 0 atom stereocenters. The van der Waals surface area contributed by atoms with Gasteiger partial charge in [-0.15, -0.1) is 0 Å². The first-order valence-corrected chi connectivity index (χ1v) is 7.83. The smallest absolute Gasteiger partial charge is 0.239 e. The molecule has 1 aliphatic heterocycles. The lowest BCUT2D eigenvalue weighted by Gasteiger charge is -2.31. The number of carbonyl (C=O) groups excluding carboxylic acids is 1. The minimum atomic E-state index is -0.0153. The van der Waals surface area contributed by atoms with E-state index < -0.39 is 0 Å². The highest BCUT2D eigenvalue weighted by Gasteiger charge is 2.20. The van der Waals surface area contributed by atoms with Gasteiger partial charge in [0, 0.05) is 6.20 Å². The zero-order valence-corrected chi connectivity index (χ0v) is 13.2. The molecule has 1 saturated heterocycles. The molecule has 0 saturated carbocycles. The van der Waals surface area contributed by atoms with Gasteiger partial charge in [0.15, 0.2) is 0 Å². The molecule has 0 unspecified atom stereocenters. The molecule has 1 aromatic heterocycles. The normalized spacial score (nSPS) is 16.9. The van der Waals surface area contributed by atoms with Crippen LogP contribution in [0.15, 0.2) is 18.3 Å². The highest BCUT2D eigenvalue weighted by Crippen LogP contribution is 2.19. The SMILES string of the molecule is CNCCC1CCN(CC(=O)Nc2ccc(Cl)cn2)CC1. The van der Waals surface area contributed by atoms with Crippen LogP contribution in [0.4, 0.5) is 5.82 Å². The predicted octanol–water partition coefficient (Wildman–Crippen LogP) is 1.99. The number of hydrogen-bond acceptors (Lipinski definition) is 4. The Morgan fingerprint density at radius 3 is 2.81 bits per heavy atom. The lowest BCUT2D eigenvalue weighted by atomic mass is 9.93. The number of amides is 1. The van der Waals surface area contributed by atoms with Crippen LogP contribution in [0, 0.1) is 5.92 Å². The molecule has 0 aromatic carbocycles. The molecule has 0 radical (unpaired) electrons. The molecule has 116 valence electrons. The fourth-order valence-corrected chi connectivity index (χ4v) is 2.73. The van der Waals surface area contributed by atoms with E-state index in [4.69, 9.17) is 11.6 Å². The van der Waals surface area contributed by atoms with Crippen molar-refractivity contribution >= 4 is 23.3 Å². The number of hydrogen-bond donors (Lipinski definition) is 2. The lowest BCUT2D eigenvalue weighted by molar-refractivity contribution is -0.117. The van der Waals surface area contributed by atoms with Gasteiger partial charge in [0.05, 0.1) is 11.6 Å². The molecular weight excluding hydrogens is 288 g/mol. The molecular formula is C15H23ClN4O. The summed E-state index contributed by atoms with van der Waals surface area (Å²) in [6.45, 7) is 3.50. The summed E-state index contributed by atoms with van der Waals surface area (Å²) in [6.07, 6.45) is 5.11. The van der Waals surface area contributed by atoms with Crippen molar-refractivity contribution in [2.24, 2.45) is 5.92 Å². The van der Waals surface area contributed by atoms with Crippen LogP contribution in [0.2, 0.25) is 5.02 Å². The predicted molar refractivity (Wildman–Crippen MR) is 85.6 cm³/mol. The van der Waals surface area contributed by atoms with Gasteiger partial charge in [0.2, 0.25) is 5.91 Å². The largest absolute Gasteiger partial charge is 0.320 e. The molecule has 2 heterocycles. The maximum absolute atomic E-state index is 12.0. The Bertz CT molecular complexity index is 443. The van der Waals surface area contributed by atoms with Crippen molar-refractivity contribution in [2.45, 2.75) is 19.3 Å². The van der Waals surface area contributed by atoms with E-state index in [0.29, 0.717) is 17.4 Å². The topological polar surface area (TPSA) is 57.3 Å². The van der Waals surface area contributed by atoms with Gasteiger partial charge < -0.3 is 10.6 Å². The van der Waals surface area contributed by atoms with Gasteiger partial charge in [-0.3, -0.25) is 9.69 Å². The number of carbonyl (C=O) groups is 1. The summed E-state index contributed by atoms with van der Waals surface area (Å²) in [6, 6.07) is 3.43. The van der Waals surface area contributed by atoms with E-state index >= 15 is 0 Å². The fourth-order valence-electron chi connectivity index (χ4n) is 2.62. The average Bonchev–Trinajstić information content (AvgIpc) is 2.49. The summed E-state index contributed by atoms with van der Waals surface area (Å²) < 4.78 is 0. The van der Waals surface area contributed by atoms with E-state index in [-0.39, 0.29) is 5.91 Å². The van der Waals surface area contributed by atoms with E-state index in [0.717, 1.165) is 25.6 Å². The number of aromatic nitrogens is 1. The number of pyridine rings is 1. The summed E-state index contributed by atoms with van der Waals surface area (Å²) in [5.41, 5.74) is 0. The van der Waals surface area contributed by atoms with E-state index in [1.807, 2.05) is 7.05 Å². The molecule has 5 nitrogen and oxygen atoms in total. The maximum Gasteiger partial charge on any atom is 0.239 e. The Morgan fingerprint density at radius 2 is 2.19 bits per heavy atom. The number of piperidine rings is 1. The Balaban J connectivity index is 1.70. The fraction of sp³-hybridized carbons (Fsp3) is 0.600. The number of nitrogens with one attached hydrogen (secondary N) is 2. The van der Waals surface area contributed by atoms with Crippen LogP contribution >= 0.6 is 11.6 Å². The number of rotatable bonds is 6. The third-order valence-electron chi connectivity index (χ3n) is 3.87. The molecule has 2 rings (SSSR count). The molecule has 1 aromatic rings. The monoisotopic (exact) mass is 310 g/mol. The van der Waals surface area contributed by atoms with E-state index in [1.54, 1.807) is 12.1 Å². The summed E-state index contributed by atoms with van der Waals surface area (Å²) in [4.78, 5) is 18.3. The maximum atomic E-state index is 12.0. The standard InChI is InChI=1S/C15H23ClN4O/c1-17-7-4-12-5-8-20(9-6-12)11-15(21)19-14-3-2-13(16)10-18-14/h2-3,10,12,17H,4-9,11H2,1H3,(H,18,19,21). The van der Waals surface area contributed by atoms with Gasteiger partial charge in [-0.25, -0.2) is 4.98 Å². The highest BCUT2D eigenvalue weighted by atomic mass is 35.5. The van der Waals surface area contributed by atoms with Crippen molar-refractivity contribution in [1.82, 2.24) is 15.2 Å². The first-order chi connectivity index (χ1) is 10.2. The summed E-state index contributed by atoms with van der Waals surface area (Å²) >= 11 is 5.77. The van der Waals surface area contributed by atoms with E-state index in [2.05, 4.69) is 20.5 Å². The molecule has 0 aliphatic carbocycles. The highest BCUT2D eigenvalue weighted by molar-refractivity contribution is 6.30. The molecule has 1 amide bonds. The van der Waals surface area contributed by atoms with Gasteiger partial charge >= 0.3 is 0 Å². The van der Waals surface area contributed by atoms with Crippen molar-refractivity contribution in [1.29, 1.82) is 0 Å². The quantitative estimate of drug-likeness (QED) is 0.844. The third-order valence-corrected chi connectivity index (χ3v) is 4.10. The second-order valence-electron chi connectivity index (χ2n) is 5.52. The Morgan fingerprint density at radius 1 is 1.43 bits per heavy atom. The van der Waals surface area contributed by atoms with E-state index in [1.165, 1.54) is 25.5 Å². The van der Waals surface area contributed by atoms with Crippen molar-refractivity contribution in [3.63, 3.8) is 0 Å². The minimum Gasteiger partial charge on any atom is -0.320 e. The summed E-state index contributed by atoms with van der Waals surface area (Å²) in [5.74, 6) is 1.32. The molecule has 0 spiro atoms. The Kier molecular flexibility index (Phi) is 6.42. The van der Waals surface area contributed by atoms with E-state index in [9.17, 15) is 4.79 Å². The number of nitrogens with zero attached hydrogens (tertiary/aromatic N) is 2. The van der Waals surface area contributed by atoms with Crippen LogP contribution in [0.25, 0.3) is 0 Å². The van der Waals surface area contributed by atoms with Gasteiger partial charge in [-0.2, -0.15) is 0 Å². The van der Waals surface area contributed by atoms with Crippen LogP contribution in [-0.4, -0.2) is 49.0 Å². The van der Waals surface area contributed by atoms with Crippen LogP contribution in [0.5, 0.6) is 0 Å². The van der Waals surface area contributed by atoms with Crippen LogP contribution < -0.4 is 10.6 Å². The number of halogens is 1. The second-order valence-corrected chi connectivity index (χ2v) is 5.96. The van der Waals surface area contributed by atoms with Gasteiger partial charge in [-0.1, -0.05) is 11.6 Å². The average molecular weight is 311 g/mol. The zero-order valence-electron chi connectivity index (χ0n) is 12.4. The van der Waals surface area contributed by atoms with Crippen LogP contribution in [-0.2, 0) is 4.79 Å². The lowest BCUT2D eigenvalue weighted by Crippen LogP contribution is -2.39. The second kappa shape index (κ2) is 8.32. The van der Waals surface area contributed by atoms with Crippen molar-refractivity contribution in [2.75, 3.05) is 38.5 Å².